The molecular formula is C7H11N3O. The van der Waals surface area contributed by atoms with Crippen molar-refractivity contribution in [1.29, 1.82) is 5.26 Å². The molecule has 1 amide bonds. The Morgan fingerprint density at radius 1 is 1.82 bits per heavy atom. The van der Waals surface area contributed by atoms with Crippen LogP contribution in [0.1, 0.15) is 6.42 Å². The molecule has 1 atom stereocenters. The Balaban J connectivity index is 2.31. The van der Waals surface area contributed by atoms with Crippen LogP contribution in [0.2, 0.25) is 0 Å². The van der Waals surface area contributed by atoms with Crippen LogP contribution in [0.15, 0.2) is 0 Å². The Hall–Kier alpha value is -1.08. The third kappa shape index (κ3) is 2.20. The number of nitrogens with zero attached hydrogens (tertiary/aromatic N) is 2. The summed E-state index contributed by atoms with van der Waals surface area (Å²) >= 11 is 0. The van der Waals surface area contributed by atoms with Gasteiger partial charge in [-0.05, 0) is 6.42 Å². The molecule has 60 valence electrons. The Kier molecular flexibility index (Phi) is 2.44. The minimum atomic E-state index is -0.316. The van der Waals surface area contributed by atoms with E-state index in [0.29, 0.717) is 6.54 Å². The smallest absolute Gasteiger partial charge is 0.231 e. The van der Waals surface area contributed by atoms with Crippen molar-refractivity contribution in [3.05, 3.63) is 0 Å². The van der Waals surface area contributed by atoms with Gasteiger partial charge in [-0.1, -0.05) is 0 Å². The summed E-state index contributed by atoms with van der Waals surface area (Å²) in [6, 6.07) is 2.17. The number of likely N-dealkylation sites (tertiary alicyclic amines) is 1. The second-order valence-corrected chi connectivity index (χ2v) is 2.82. The highest BCUT2D eigenvalue weighted by Gasteiger charge is 2.22. The topological polar surface area (TPSA) is 70.1 Å². The maximum atomic E-state index is 10.4. The van der Waals surface area contributed by atoms with Crippen LogP contribution >= 0.6 is 0 Å². The molecule has 4 heteroatoms. The van der Waals surface area contributed by atoms with E-state index in [1.807, 2.05) is 4.90 Å². The monoisotopic (exact) mass is 153 g/mol. The predicted molar refractivity (Wildman–Crippen MR) is 39.4 cm³/mol. The third-order valence-corrected chi connectivity index (χ3v) is 1.83. The van der Waals surface area contributed by atoms with Crippen molar-refractivity contribution in [2.75, 3.05) is 19.6 Å². The standard InChI is InChI=1S/C7H11N3O/c8-3-6-1-2-10(4-6)5-7(9)11/h6H,1-2,4-5H2,(H2,9,11)/t6-/m1/s1. The molecule has 1 aliphatic rings. The lowest BCUT2D eigenvalue weighted by Gasteiger charge is -2.10. The minimum Gasteiger partial charge on any atom is -0.369 e. The lowest BCUT2D eigenvalue weighted by Crippen LogP contribution is -2.31. The minimum absolute atomic E-state index is 0.0920. The molecule has 0 saturated carbocycles. The fourth-order valence-electron chi connectivity index (χ4n) is 1.30. The van der Waals surface area contributed by atoms with E-state index in [9.17, 15) is 4.79 Å². The van der Waals surface area contributed by atoms with Gasteiger partial charge in [0, 0.05) is 13.1 Å². The van der Waals surface area contributed by atoms with Crippen LogP contribution in [0.5, 0.6) is 0 Å². The Morgan fingerprint density at radius 3 is 3.00 bits per heavy atom. The predicted octanol–water partition coefficient (Wildman–Crippen LogP) is -0.683. The molecular weight excluding hydrogens is 142 g/mol. The van der Waals surface area contributed by atoms with E-state index in [-0.39, 0.29) is 18.4 Å². The highest BCUT2D eigenvalue weighted by atomic mass is 16.1. The average Bonchev–Trinajstić information content (AvgIpc) is 2.34. The fraction of sp³-hybridized carbons (Fsp3) is 0.714. The first-order chi connectivity index (χ1) is 5.22. The number of nitrogens with two attached hydrogens (primary N) is 1. The van der Waals surface area contributed by atoms with E-state index in [1.165, 1.54) is 0 Å². The highest BCUT2D eigenvalue weighted by molar-refractivity contribution is 5.75. The Bertz CT molecular complexity index is 196. The zero-order chi connectivity index (χ0) is 8.27. The maximum Gasteiger partial charge on any atom is 0.231 e. The van der Waals surface area contributed by atoms with Crippen LogP contribution in [0.25, 0.3) is 0 Å². The van der Waals surface area contributed by atoms with Crippen LogP contribution in [0.4, 0.5) is 0 Å². The number of carbonyl (C=O) groups is 1. The summed E-state index contributed by atoms with van der Waals surface area (Å²) in [5.41, 5.74) is 5.00. The molecule has 0 unspecified atom stereocenters. The molecule has 0 aromatic rings. The second kappa shape index (κ2) is 3.35. The van der Waals surface area contributed by atoms with E-state index in [0.717, 1.165) is 13.0 Å². The first-order valence-electron chi connectivity index (χ1n) is 3.62. The molecule has 0 bridgehead atoms. The zero-order valence-corrected chi connectivity index (χ0v) is 6.29. The van der Waals surface area contributed by atoms with Crippen LogP contribution in [0, 0.1) is 17.2 Å². The van der Waals surface area contributed by atoms with Gasteiger partial charge in [-0.15, -0.1) is 0 Å². The van der Waals surface area contributed by atoms with E-state index in [4.69, 9.17) is 11.0 Å². The van der Waals surface area contributed by atoms with Gasteiger partial charge in [0.1, 0.15) is 0 Å². The molecule has 1 saturated heterocycles. The third-order valence-electron chi connectivity index (χ3n) is 1.83. The van der Waals surface area contributed by atoms with E-state index in [2.05, 4.69) is 6.07 Å². The number of hydrogen-bond acceptors (Lipinski definition) is 3. The van der Waals surface area contributed by atoms with E-state index in [1.54, 1.807) is 0 Å². The largest absolute Gasteiger partial charge is 0.369 e. The Labute approximate surface area is 65.6 Å². The first-order valence-corrected chi connectivity index (χ1v) is 3.62. The lowest BCUT2D eigenvalue weighted by atomic mass is 10.1. The van der Waals surface area contributed by atoms with Crippen molar-refractivity contribution in [2.45, 2.75) is 6.42 Å². The van der Waals surface area contributed by atoms with Crippen molar-refractivity contribution in [3.8, 4) is 6.07 Å². The molecule has 11 heavy (non-hydrogen) atoms. The van der Waals surface area contributed by atoms with Crippen molar-refractivity contribution in [1.82, 2.24) is 4.90 Å². The molecule has 2 N–H and O–H groups in total. The molecule has 1 fully saturated rings. The van der Waals surface area contributed by atoms with Crippen molar-refractivity contribution < 1.29 is 4.79 Å². The van der Waals surface area contributed by atoms with Gasteiger partial charge in [-0.2, -0.15) is 5.26 Å². The summed E-state index contributed by atoms with van der Waals surface area (Å²) in [7, 11) is 0. The number of hydrogen-bond donors (Lipinski definition) is 1. The summed E-state index contributed by atoms with van der Waals surface area (Å²) in [5.74, 6) is -0.224. The number of primary amides is 1. The van der Waals surface area contributed by atoms with Gasteiger partial charge in [0.05, 0.1) is 18.5 Å². The molecule has 4 nitrogen and oxygen atoms in total. The van der Waals surface area contributed by atoms with Crippen LogP contribution in [0.3, 0.4) is 0 Å². The number of rotatable bonds is 2. The summed E-state index contributed by atoms with van der Waals surface area (Å²) < 4.78 is 0. The molecule has 1 aliphatic heterocycles. The summed E-state index contributed by atoms with van der Waals surface area (Å²) in [6.45, 7) is 1.80. The maximum absolute atomic E-state index is 10.4. The van der Waals surface area contributed by atoms with E-state index < -0.39 is 0 Å². The molecule has 1 rings (SSSR count). The lowest BCUT2D eigenvalue weighted by molar-refractivity contribution is -0.118. The zero-order valence-electron chi connectivity index (χ0n) is 6.29. The van der Waals surface area contributed by atoms with Crippen molar-refractivity contribution in [2.24, 2.45) is 11.7 Å². The van der Waals surface area contributed by atoms with Gasteiger partial charge in [0.25, 0.3) is 0 Å². The SMILES string of the molecule is N#C[C@H]1CCN(CC(N)=O)C1. The summed E-state index contributed by atoms with van der Waals surface area (Å²) in [6.07, 6.45) is 0.865. The number of nitriles is 1. The molecule has 0 aliphatic carbocycles. The highest BCUT2D eigenvalue weighted by Crippen LogP contribution is 2.13. The van der Waals surface area contributed by atoms with E-state index >= 15 is 0 Å². The fourth-order valence-corrected chi connectivity index (χ4v) is 1.30. The van der Waals surface area contributed by atoms with Crippen LogP contribution in [-0.2, 0) is 4.79 Å². The molecule has 0 aromatic carbocycles. The van der Waals surface area contributed by atoms with Crippen LogP contribution in [-0.4, -0.2) is 30.4 Å². The van der Waals surface area contributed by atoms with Gasteiger partial charge >= 0.3 is 0 Å². The molecule has 0 radical (unpaired) electrons. The van der Waals surface area contributed by atoms with Crippen molar-refractivity contribution >= 4 is 5.91 Å². The van der Waals surface area contributed by atoms with Gasteiger partial charge in [0.2, 0.25) is 5.91 Å². The summed E-state index contributed by atoms with van der Waals surface area (Å²) in [5, 5.41) is 8.53. The molecule has 1 heterocycles. The number of amides is 1. The normalized spacial score (nSPS) is 24.8. The van der Waals surface area contributed by atoms with Gasteiger partial charge in [0.15, 0.2) is 0 Å². The first kappa shape index (κ1) is 8.02. The van der Waals surface area contributed by atoms with Crippen LogP contribution < -0.4 is 5.73 Å². The average molecular weight is 153 g/mol. The second-order valence-electron chi connectivity index (χ2n) is 2.82. The Morgan fingerprint density at radius 2 is 2.55 bits per heavy atom. The summed E-state index contributed by atoms with van der Waals surface area (Å²) in [4.78, 5) is 12.4. The molecule has 0 spiro atoms. The van der Waals surface area contributed by atoms with Gasteiger partial charge in [-0.25, -0.2) is 0 Å². The quantitative estimate of drug-likeness (QED) is 0.571. The van der Waals surface area contributed by atoms with Gasteiger partial charge in [-0.3, -0.25) is 9.69 Å². The van der Waals surface area contributed by atoms with Crippen molar-refractivity contribution in [3.63, 3.8) is 0 Å². The molecule has 0 aromatic heterocycles. The van der Waals surface area contributed by atoms with Gasteiger partial charge < -0.3 is 5.73 Å². The number of carbonyl (C=O) groups excluding carboxylic acids is 1.